The fourth-order valence-electron chi connectivity index (χ4n) is 2.34. The third kappa shape index (κ3) is 5.21. The van der Waals surface area contributed by atoms with E-state index in [-0.39, 0.29) is 0 Å². The molecule has 1 aliphatic heterocycles. The van der Waals surface area contributed by atoms with Crippen molar-refractivity contribution in [1.82, 2.24) is 5.32 Å². The summed E-state index contributed by atoms with van der Waals surface area (Å²) in [4.78, 5) is 0. The second-order valence-electron chi connectivity index (χ2n) is 5.18. The maximum absolute atomic E-state index is 5.65. The van der Waals surface area contributed by atoms with Crippen LogP contribution in [0.2, 0.25) is 0 Å². The summed E-state index contributed by atoms with van der Waals surface area (Å²) >= 11 is 0. The van der Waals surface area contributed by atoms with Gasteiger partial charge in [-0.2, -0.15) is 0 Å². The molecule has 19 heavy (non-hydrogen) atoms. The fraction of sp³-hybridized carbons (Fsp3) is 0.625. The van der Waals surface area contributed by atoms with Crippen molar-refractivity contribution in [3.05, 3.63) is 29.8 Å². The number of benzene rings is 1. The van der Waals surface area contributed by atoms with Crippen LogP contribution in [-0.2, 0) is 11.3 Å². The smallest absolute Gasteiger partial charge is 0.119 e. The van der Waals surface area contributed by atoms with Gasteiger partial charge in [0.05, 0.1) is 6.61 Å². The first kappa shape index (κ1) is 14.4. The van der Waals surface area contributed by atoms with E-state index in [1.807, 2.05) is 6.07 Å². The van der Waals surface area contributed by atoms with Crippen molar-refractivity contribution >= 4 is 0 Å². The molecule has 0 unspecified atom stereocenters. The predicted molar refractivity (Wildman–Crippen MR) is 77.5 cm³/mol. The maximum atomic E-state index is 5.65. The molecule has 1 aromatic carbocycles. The van der Waals surface area contributed by atoms with Crippen LogP contribution in [0.5, 0.6) is 5.75 Å². The van der Waals surface area contributed by atoms with E-state index in [0.717, 1.165) is 51.0 Å². The van der Waals surface area contributed by atoms with Crippen LogP contribution < -0.4 is 10.1 Å². The minimum absolute atomic E-state index is 0.772. The molecule has 1 N–H and O–H groups in total. The number of hydrogen-bond acceptors (Lipinski definition) is 3. The molecule has 2 rings (SSSR count). The minimum Gasteiger partial charge on any atom is -0.494 e. The number of ether oxygens (including phenoxy) is 2. The van der Waals surface area contributed by atoms with Gasteiger partial charge in [0.2, 0.25) is 0 Å². The average Bonchev–Trinajstić information content (AvgIpc) is 2.47. The van der Waals surface area contributed by atoms with Gasteiger partial charge in [-0.15, -0.1) is 0 Å². The Labute approximate surface area is 116 Å². The van der Waals surface area contributed by atoms with Crippen LogP contribution in [0.4, 0.5) is 0 Å². The highest BCUT2D eigenvalue weighted by Crippen LogP contribution is 2.15. The van der Waals surface area contributed by atoms with E-state index in [0.29, 0.717) is 0 Å². The van der Waals surface area contributed by atoms with Gasteiger partial charge in [-0.05, 0) is 49.4 Å². The van der Waals surface area contributed by atoms with Crippen LogP contribution in [-0.4, -0.2) is 26.4 Å². The van der Waals surface area contributed by atoms with Crippen molar-refractivity contribution in [2.45, 2.75) is 32.7 Å². The third-order valence-corrected chi connectivity index (χ3v) is 3.47. The molecule has 1 fully saturated rings. The van der Waals surface area contributed by atoms with Crippen molar-refractivity contribution in [3.63, 3.8) is 0 Å². The van der Waals surface area contributed by atoms with Gasteiger partial charge in [-0.1, -0.05) is 19.1 Å². The first-order chi connectivity index (χ1) is 9.38. The highest BCUT2D eigenvalue weighted by molar-refractivity contribution is 5.28. The van der Waals surface area contributed by atoms with E-state index < -0.39 is 0 Å². The minimum atomic E-state index is 0.772. The molecule has 0 aromatic heterocycles. The van der Waals surface area contributed by atoms with Gasteiger partial charge in [0.25, 0.3) is 0 Å². The summed E-state index contributed by atoms with van der Waals surface area (Å²) in [5.41, 5.74) is 1.29. The second kappa shape index (κ2) is 8.18. The second-order valence-corrected chi connectivity index (χ2v) is 5.18. The molecule has 0 aliphatic carbocycles. The SMILES string of the molecule is CCCOc1cccc(CNCC2CCOCC2)c1. The molecule has 3 nitrogen and oxygen atoms in total. The highest BCUT2D eigenvalue weighted by Gasteiger charge is 2.12. The zero-order chi connectivity index (χ0) is 13.3. The van der Waals surface area contributed by atoms with Crippen LogP contribution in [0.1, 0.15) is 31.7 Å². The van der Waals surface area contributed by atoms with Crippen LogP contribution >= 0.6 is 0 Å². The van der Waals surface area contributed by atoms with Gasteiger partial charge in [0.1, 0.15) is 5.75 Å². The van der Waals surface area contributed by atoms with Crippen LogP contribution in [0, 0.1) is 5.92 Å². The summed E-state index contributed by atoms with van der Waals surface area (Å²) in [5.74, 6) is 1.75. The molecule has 0 amide bonds. The molecular formula is C16H25NO2. The zero-order valence-corrected chi connectivity index (χ0v) is 11.9. The molecule has 106 valence electrons. The molecule has 0 radical (unpaired) electrons. The van der Waals surface area contributed by atoms with E-state index in [2.05, 4.69) is 30.4 Å². The lowest BCUT2D eigenvalue weighted by atomic mass is 10.0. The summed E-state index contributed by atoms with van der Waals surface area (Å²) < 4.78 is 11.0. The molecule has 1 aromatic rings. The normalized spacial score (nSPS) is 16.5. The first-order valence-corrected chi connectivity index (χ1v) is 7.38. The van der Waals surface area contributed by atoms with Gasteiger partial charge in [-0.25, -0.2) is 0 Å². The monoisotopic (exact) mass is 263 g/mol. The molecule has 0 saturated carbocycles. The summed E-state index contributed by atoms with van der Waals surface area (Å²) in [7, 11) is 0. The summed E-state index contributed by atoms with van der Waals surface area (Å²) in [6.45, 7) is 6.77. The van der Waals surface area contributed by atoms with Crippen LogP contribution in [0.25, 0.3) is 0 Å². The summed E-state index contributed by atoms with van der Waals surface area (Å²) in [5, 5.41) is 3.54. The average molecular weight is 263 g/mol. The largest absolute Gasteiger partial charge is 0.494 e. The van der Waals surface area contributed by atoms with Gasteiger partial charge >= 0.3 is 0 Å². The molecular weight excluding hydrogens is 238 g/mol. The summed E-state index contributed by atoms with van der Waals surface area (Å²) in [6, 6.07) is 8.37. The van der Waals surface area contributed by atoms with Gasteiger partial charge in [0, 0.05) is 19.8 Å². The standard InChI is InChI=1S/C16H25NO2/c1-2-8-19-16-5-3-4-15(11-16)13-17-12-14-6-9-18-10-7-14/h3-5,11,14,17H,2,6-10,12-13H2,1H3. The molecule has 0 spiro atoms. The third-order valence-electron chi connectivity index (χ3n) is 3.47. The lowest BCUT2D eigenvalue weighted by molar-refractivity contribution is 0.0662. The van der Waals surface area contributed by atoms with Crippen LogP contribution in [0.3, 0.4) is 0 Å². The van der Waals surface area contributed by atoms with Gasteiger partial charge < -0.3 is 14.8 Å². The van der Waals surface area contributed by atoms with Crippen molar-refractivity contribution in [2.24, 2.45) is 5.92 Å². The van der Waals surface area contributed by atoms with E-state index in [1.165, 1.54) is 18.4 Å². The molecule has 0 atom stereocenters. The van der Waals surface area contributed by atoms with E-state index >= 15 is 0 Å². The zero-order valence-electron chi connectivity index (χ0n) is 11.9. The van der Waals surface area contributed by atoms with Crippen molar-refractivity contribution in [3.8, 4) is 5.75 Å². The van der Waals surface area contributed by atoms with Crippen molar-refractivity contribution < 1.29 is 9.47 Å². The Morgan fingerprint density at radius 2 is 2.16 bits per heavy atom. The lowest BCUT2D eigenvalue weighted by Gasteiger charge is -2.22. The maximum Gasteiger partial charge on any atom is 0.119 e. The number of rotatable bonds is 7. The van der Waals surface area contributed by atoms with E-state index in [4.69, 9.17) is 9.47 Å². The fourth-order valence-corrected chi connectivity index (χ4v) is 2.34. The predicted octanol–water partition coefficient (Wildman–Crippen LogP) is 2.99. The molecule has 1 saturated heterocycles. The molecule has 3 heteroatoms. The van der Waals surface area contributed by atoms with Crippen LogP contribution in [0.15, 0.2) is 24.3 Å². The van der Waals surface area contributed by atoms with Gasteiger partial charge in [0.15, 0.2) is 0 Å². The van der Waals surface area contributed by atoms with Crippen molar-refractivity contribution in [1.29, 1.82) is 0 Å². The Balaban J connectivity index is 1.72. The van der Waals surface area contributed by atoms with E-state index in [9.17, 15) is 0 Å². The Morgan fingerprint density at radius 1 is 1.32 bits per heavy atom. The summed E-state index contributed by atoms with van der Waals surface area (Å²) in [6.07, 6.45) is 3.42. The first-order valence-electron chi connectivity index (χ1n) is 7.38. The highest BCUT2D eigenvalue weighted by atomic mass is 16.5. The Hall–Kier alpha value is -1.06. The quantitative estimate of drug-likeness (QED) is 0.820. The number of nitrogens with one attached hydrogen (secondary N) is 1. The van der Waals surface area contributed by atoms with Gasteiger partial charge in [-0.3, -0.25) is 0 Å². The lowest BCUT2D eigenvalue weighted by Crippen LogP contribution is -2.27. The molecule has 0 bridgehead atoms. The Kier molecular flexibility index (Phi) is 6.18. The van der Waals surface area contributed by atoms with Crippen molar-refractivity contribution in [2.75, 3.05) is 26.4 Å². The Bertz CT molecular complexity index is 362. The topological polar surface area (TPSA) is 30.5 Å². The number of hydrogen-bond donors (Lipinski definition) is 1. The van der Waals surface area contributed by atoms with E-state index in [1.54, 1.807) is 0 Å². The molecule has 1 heterocycles. The molecule has 1 aliphatic rings. The Morgan fingerprint density at radius 3 is 2.95 bits per heavy atom.